The molecule has 2 aromatic rings. The van der Waals surface area contributed by atoms with E-state index in [9.17, 15) is 9.59 Å². The van der Waals surface area contributed by atoms with E-state index < -0.39 is 0 Å². The molecule has 0 radical (unpaired) electrons. The Kier molecular flexibility index (Phi) is 12.8. The van der Waals surface area contributed by atoms with Crippen molar-refractivity contribution in [1.29, 1.82) is 0 Å². The van der Waals surface area contributed by atoms with Crippen molar-refractivity contribution in [3.63, 3.8) is 0 Å². The molecule has 0 fully saturated rings. The fourth-order valence-electron chi connectivity index (χ4n) is 2.01. The molecule has 0 N–H and O–H groups in total. The van der Waals surface area contributed by atoms with Crippen molar-refractivity contribution >= 4 is 11.9 Å². The number of carbonyl (C=O) groups excluding carboxylic acids is 2. The molecule has 152 valence electrons. The molecule has 0 saturated carbocycles. The summed E-state index contributed by atoms with van der Waals surface area (Å²) in [5.74, 6) is -0.769. The van der Waals surface area contributed by atoms with Crippen molar-refractivity contribution in [2.45, 2.75) is 13.8 Å². The topological polar surface area (TPSA) is 71.1 Å². The molecule has 2 aromatic carbocycles. The van der Waals surface area contributed by atoms with E-state index in [0.717, 1.165) is 13.2 Å². The van der Waals surface area contributed by atoms with Gasteiger partial charge in [0.05, 0.1) is 24.3 Å². The largest absolute Gasteiger partial charge is 0.460 e. The molecule has 0 amide bonds. The minimum atomic E-state index is -0.385. The summed E-state index contributed by atoms with van der Waals surface area (Å²) in [5.41, 5.74) is 1.01. The molecular formula is C22H28O6. The predicted molar refractivity (Wildman–Crippen MR) is 106 cm³/mol. The van der Waals surface area contributed by atoms with Crippen LogP contribution in [0.1, 0.15) is 34.6 Å². The lowest BCUT2D eigenvalue weighted by molar-refractivity contribution is 0.0151. The zero-order valence-electron chi connectivity index (χ0n) is 16.5. The van der Waals surface area contributed by atoms with Crippen LogP contribution in [-0.4, -0.2) is 51.6 Å². The molecule has 0 spiro atoms. The van der Waals surface area contributed by atoms with Gasteiger partial charge in [0.15, 0.2) is 0 Å². The van der Waals surface area contributed by atoms with Crippen LogP contribution in [0.2, 0.25) is 0 Å². The Morgan fingerprint density at radius 3 is 1.32 bits per heavy atom. The molecule has 0 bridgehead atoms. The highest BCUT2D eigenvalue weighted by Crippen LogP contribution is 2.02. The van der Waals surface area contributed by atoms with Gasteiger partial charge in [-0.1, -0.05) is 36.4 Å². The molecular weight excluding hydrogens is 360 g/mol. The highest BCUT2D eigenvalue weighted by molar-refractivity contribution is 5.89. The van der Waals surface area contributed by atoms with E-state index in [-0.39, 0.29) is 38.4 Å². The fourth-order valence-corrected chi connectivity index (χ4v) is 2.01. The Morgan fingerprint density at radius 2 is 1.00 bits per heavy atom. The number of esters is 2. The first-order valence-corrected chi connectivity index (χ1v) is 9.28. The van der Waals surface area contributed by atoms with Gasteiger partial charge in [0, 0.05) is 13.2 Å². The zero-order valence-corrected chi connectivity index (χ0v) is 16.5. The third-order valence-electron chi connectivity index (χ3n) is 3.35. The summed E-state index contributed by atoms with van der Waals surface area (Å²) in [6.07, 6.45) is 0. The van der Waals surface area contributed by atoms with E-state index in [2.05, 4.69) is 0 Å². The summed E-state index contributed by atoms with van der Waals surface area (Å²) in [4.78, 5) is 23.3. The van der Waals surface area contributed by atoms with E-state index >= 15 is 0 Å². The van der Waals surface area contributed by atoms with E-state index in [1.165, 1.54) is 0 Å². The molecule has 0 aliphatic heterocycles. The third-order valence-corrected chi connectivity index (χ3v) is 3.35. The van der Waals surface area contributed by atoms with E-state index in [0.29, 0.717) is 11.1 Å². The van der Waals surface area contributed by atoms with Gasteiger partial charge < -0.3 is 18.9 Å². The lowest BCUT2D eigenvalue weighted by Gasteiger charge is -2.07. The lowest BCUT2D eigenvalue weighted by Crippen LogP contribution is -2.14. The summed E-state index contributed by atoms with van der Waals surface area (Å²) < 4.78 is 20.2. The van der Waals surface area contributed by atoms with Crippen molar-refractivity contribution in [2.24, 2.45) is 0 Å². The number of benzene rings is 2. The Labute approximate surface area is 166 Å². The molecule has 28 heavy (non-hydrogen) atoms. The minimum Gasteiger partial charge on any atom is -0.460 e. The van der Waals surface area contributed by atoms with E-state index in [1.54, 1.807) is 48.5 Å². The Balaban J connectivity index is 0.000000696. The van der Waals surface area contributed by atoms with Crippen molar-refractivity contribution < 1.29 is 28.5 Å². The molecule has 0 heterocycles. The highest BCUT2D eigenvalue weighted by Gasteiger charge is 2.06. The van der Waals surface area contributed by atoms with Gasteiger partial charge in [-0.2, -0.15) is 0 Å². The summed E-state index contributed by atoms with van der Waals surface area (Å²) >= 11 is 0. The van der Waals surface area contributed by atoms with Crippen molar-refractivity contribution in [1.82, 2.24) is 0 Å². The van der Waals surface area contributed by atoms with Crippen LogP contribution in [0.15, 0.2) is 60.7 Å². The average Bonchev–Trinajstić information content (AvgIpc) is 2.75. The van der Waals surface area contributed by atoms with Gasteiger partial charge in [0.2, 0.25) is 0 Å². The van der Waals surface area contributed by atoms with Crippen LogP contribution in [0, 0.1) is 0 Å². The zero-order chi connectivity index (χ0) is 20.5. The van der Waals surface area contributed by atoms with Crippen LogP contribution >= 0.6 is 0 Å². The standard InChI is InChI=1S/C18H18O5.C4H10O/c19-17(15-7-3-1-4-8-15)22-13-11-21-12-14-23-18(20)16-9-5-2-6-10-16;1-3-5-4-2/h1-10H,11-14H2;3-4H2,1-2H3. The van der Waals surface area contributed by atoms with Crippen LogP contribution in [0.5, 0.6) is 0 Å². The molecule has 0 unspecified atom stereocenters. The van der Waals surface area contributed by atoms with Crippen molar-refractivity contribution in [3.05, 3.63) is 71.8 Å². The van der Waals surface area contributed by atoms with Crippen LogP contribution in [-0.2, 0) is 18.9 Å². The van der Waals surface area contributed by atoms with Crippen LogP contribution in [0.4, 0.5) is 0 Å². The van der Waals surface area contributed by atoms with Gasteiger partial charge in [-0.25, -0.2) is 9.59 Å². The Morgan fingerprint density at radius 1 is 0.607 bits per heavy atom. The quantitative estimate of drug-likeness (QED) is 0.456. The maximum atomic E-state index is 11.6. The van der Waals surface area contributed by atoms with Gasteiger partial charge >= 0.3 is 11.9 Å². The first kappa shape index (κ1) is 23.3. The summed E-state index contributed by atoms with van der Waals surface area (Å²) in [6, 6.07) is 17.5. The first-order chi connectivity index (χ1) is 13.7. The summed E-state index contributed by atoms with van der Waals surface area (Å²) in [5, 5.41) is 0. The maximum absolute atomic E-state index is 11.6. The molecule has 0 aliphatic rings. The Bertz CT molecular complexity index is 600. The minimum absolute atomic E-state index is 0.153. The van der Waals surface area contributed by atoms with Crippen molar-refractivity contribution in [2.75, 3.05) is 39.6 Å². The molecule has 0 saturated heterocycles. The SMILES string of the molecule is CCOCC.O=C(OCCOCCOC(=O)c1ccccc1)c1ccccc1. The first-order valence-electron chi connectivity index (χ1n) is 9.28. The molecule has 6 nitrogen and oxygen atoms in total. The Hall–Kier alpha value is -2.70. The summed E-state index contributed by atoms with van der Waals surface area (Å²) in [6.45, 7) is 6.48. The van der Waals surface area contributed by atoms with Crippen molar-refractivity contribution in [3.8, 4) is 0 Å². The number of carbonyl (C=O) groups is 2. The third kappa shape index (κ3) is 10.4. The smallest absolute Gasteiger partial charge is 0.338 e. The number of hydrogen-bond donors (Lipinski definition) is 0. The second-order valence-corrected chi connectivity index (χ2v) is 5.40. The average molecular weight is 388 g/mol. The van der Waals surface area contributed by atoms with Crippen LogP contribution < -0.4 is 0 Å². The maximum Gasteiger partial charge on any atom is 0.338 e. The number of hydrogen-bond acceptors (Lipinski definition) is 6. The second-order valence-electron chi connectivity index (χ2n) is 5.40. The molecule has 2 rings (SSSR count). The fraction of sp³-hybridized carbons (Fsp3) is 0.364. The predicted octanol–water partition coefficient (Wildman–Crippen LogP) is 3.76. The normalized spacial score (nSPS) is 9.79. The molecule has 0 aromatic heterocycles. The monoisotopic (exact) mass is 388 g/mol. The van der Waals surface area contributed by atoms with E-state index in [1.807, 2.05) is 26.0 Å². The van der Waals surface area contributed by atoms with Gasteiger partial charge in [-0.15, -0.1) is 0 Å². The van der Waals surface area contributed by atoms with Crippen LogP contribution in [0.3, 0.4) is 0 Å². The number of ether oxygens (including phenoxy) is 4. The number of rotatable bonds is 10. The summed E-state index contributed by atoms with van der Waals surface area (Å²) in [7, 11) is 0. The molecule has 0 atom stereocenters. The second kappa shape index (κ2) is 15.4. The van der Waals surface area contributed by atoms with Crippen LogP contribution in [0.25, 0.3) is 0 Å². The van der Waals surface area contributed by atoms with Gasteiger partial charge in [0.1, 0.15) is 13.2 Å². The van der Waals surface area contributed by atoms with Gasteiger partial charge in [-0.3, -0.25) is 0 Å². The highest BCUT2D eigenvalue weighted by atomic mass is 16.6. The van der Waals surface area contributed by atoms with E-state index in [4.69, 9.17) is 18.9 Å². The van der Waals surface area contributed by atoms with Gasteiger partial charge in [-0.05, 0) is 38.1 Å². The van der Waals surface area contributed by atoms with Gasteiger partial charge in [0.25, 0.3) is 0 Å². The molecule has 0 aliphatic carbocycles. The lowest BCUT2D eigenvalue weighted by atomic mass is 10.2. The molecule has 6 heteroatoms.